The van der Waals surface area contributed by atoms with Crippen molar-refractivity contribution in [2.45, 2.75) is 0 Å². The van der Waals surface area contributed by atoms with Crippen LogP contribution in [0.5, 0.6) is 17.5 Å². The van der Waals surface area contributed by atoms with Gasteiger partial charge in [0.2, 0.25) is 5.75 Å². The fraction of sp³-hybridized carbons (Fsp3) is 0.0833. The number of aromatic nitrogens is 2. The van der Waals surface area contributed by atoms with Crippen LogP contribution in [0.1, 0.15) is 10.4 Å². The molecule has 1 aromatic carbocycles. The normalized spacial score (nSPS) is 9.95. The number of hydrogen-bond acceptors (Lipinski definition) is 7. The summed E-state index contributed by atoms with van der Waals surface area (Å²) in [5, 5.41) is 19.7. The number of aromatic carboxylic acids is 1. The molecule has 2 aromatic rings. The molecule has 1 heterocycles. The number of carboxylic acids is 1. The van der Waals surface area contributed by atoms with E-state index in [4.69, 9.17) is 14.6 Å². The number of nitrogens with zero attached hydrogens (tertiary/aromatic N) is 3. The molecular weight excluding hydrogens is 282 g/mol. The molecule has 0 atom stereocenters. The first-order chi connectivity index (χ1) is 10.0. The molecule has 0 unspecified atom stereocenters. The number of ether oxygens (including phenoxy) is 2. The van der Waals surface area contributed by atoms with E-state index in [-0.39, 0.29) is 23.0 Å². The van der Waals surface area contributed by atoms with Crippen molar-refractivity contribution in [3.05, 3.63) is 46.3 Å². The number of nitro benzene ring substituents is 1. The summed E-state index contributed by atoms with van der Waals surface area (Å²) >= 11 is 0. The van der Waals surface area contributed by atoms with Crippen LogP contribution in [-0.4, -0.2) is 33.1 Å². The van der Waals surface area contributed by atoms with E-state index in [0.717, 1.165) is 12.4 Å². The number of carbonyl (C=O) groups is 1. The number of methoxy groups -OCH3 is 1. The van der Waals surface area contributed by atoms with Crippen LogP contribution < -0.4 is 9.47 Å². The van der Waals surface area contributed by atoms with Gasteiger partial charge >= 0.3 is 17.7 Å². The van der Waals surface area contributed by atoms with Crippen LogP contribution in [-0.2, 0) is 0 Å². The molecule has 0 amide bonds. The highest BCUT2D eigenvalue weighted by atomic mass is 16.6. The number of nitro groups is 1. The van der Waals surface area contributed by atoms with Gasteiger partial charge in [0.15, 0.2) is 0 Å². The third kappa shape index (κ3) is 3.21. The first kappa shape index (κ1) is 14.2. The molecule has 9 heteroatoms. The Hall–Kier alpha value is -3.23. The molecule has 108 valence electrons. The first-order valence-electron chi connectivity index (χ1n) is 5.57. The largest absolute Gasteiger partial charge is 0.496 e. The van der Waals surface area contributed by atoms with Crippen LogP contribution in [0.25, 0.3) is 0 Å². The van der Waals surface area contributed by atoms with Crippen molar-refractivity contribution in [2.24, 2.45) is 0 Å². The maximum absolute atomic E-state index is 11.0. The van der Waals surface area contributed by atoms with Crippen molar-refractivity contribution in [1.29, 1.82) is 0 Å². The molecule has 0 aliphatic carbocycles. The van der Waals surface area contributed by atoms with Gasteiger partial charge in [0.1, 0.15) is 5.75 Å². The summed E-state index contributed by atoms with van der Waals surface area (Å²) in [6.07, 6.45) is 2.08. The van der Waals surface area contributed by atoms with Crippen LogP contribution in [0.4, 0.5) is 5.69 Å². The maximum atomic E-state index is 11.0. The molecule has 21 heavy (non-hydrogen) atoms. The minimum absolute atomic E-state index is 0.0797. The zero-order chi connectivity index (χ0) is 15.4. The van der Waals surface area contributed by atoms with Gasteiger partial charge in [0.25, 0.3) is 0 Å². The average Bonchev–Trinajstić information content (AvgIpc) is 2.48. The Morgan fingerprint density at radius 3 is 2.52 bits per heavy atom. The monoisotopic (exact) mass is 291 g/mol. The van der Waals surface area contributed by atoms with Crippen molar-refractivity contribution in [1.82, 2.24) is 9.97 Å². The van der Waals surface area contributed by atoms with Crippen LogP contribution in [0.3, 0.4) is 0 Å². The molecule has 9 nitrogen and oxygen atoms in total. The molecule has 1 aromatic heterocycles. The van der Waals surface area contributed by atoms with Crippen molar-refractivity contribution in [3.63, 3.8) is 0 Å². The lowest BCUT2D eigenvalue weighted by Crippen LogP contribution is -2.01. The van der Waals surface area contributed by atoms with Crippen LogP contribution in [0, 0.1) is 10.1 Å². The van der Waals surface area contributed by atoms with Crippen LogP contribution in [0.15, 0.2) is 30.6 Å². The molecule has 1 N–H and O–H groups in total. The second kappa shape index (κ2) is 5.82. The Kier molecular flexibility index (Phi) is 3.93. The summed E-state index contributed by atoms with van der Waals surface area (Å²) < 4.78 is 10.1. The Balaban J connectivity index is 2.30. The van der Waals surface area contributed by atoms with E-state index in [2.05, 4.69) is 9.97 Å². The van der Waals surface area contributed by atoms with Crippen LogP contribution >= 0.6 is 0 Å². The molecular formula is C12H9N3O6. The second-order valence-electron chi connectivity index (χ2n) is 3.75. The van der Waals surface area contributed by atoms with Crippen LogP contribution in [0.2, 0.25) is 0 Å². The molecule has 0 saturated carbocycles. The quantitative estimate of drug-likeness (QED) is 0.653. The zero-order valence-corrected chi connectivity index (χ0v) is 10.7. The highest BCUT2D eigenvalue weighted by molar-refractivity contribution is 5.86. The first-order valence-corrected chi connectivity index (χ1v) is 5.57. The standard InChI is InChI=1S/C12H9N3O6/c1-20-8-2-3-10(9(4-8)15(18)19)21-12-13-5-7(6-14-12)11(16)17/h2-6H,1H3,(H,16,17). The third-order valence-corrected chi connectivity index (χ3v) is 2.44. The molecule has 0 aliphatic heterocycles. The number of carboxylic acid groups (broad SMARTS) is 1. The van der Waals surface area contributed by atoms with Gasteiger partial charge in [-0.25, -0.2) is 14.8 Å². The number of hydrogen-bond donors (Lipinski definition) is 1. The van der Waals surface area contributed by atoms with Gasteiger partial charge in [-0.05, 0) is 12.1 Å². The van der Waals surface area contributed by atoms with Gasteiger partial charge in [0, 0.05) is 12.4 Å². The van der Waals surface area contributed by atoms with E-state index in [1.165, 1.54) is 25.3 Å². The SMILES string of the molecule is COc1ccc(Oc2ncc(C(=O)O)cn2)c([N+](=O)[O-])c1. The number of benzene rings is 1. The molecule has 0 fully saturated rings. The van der Waals surface area contributed by atoms with Gasteiger partial charge in [-0.3, -0.25) is 10.1 Å². The highest BCUT2D eigenvalue weighted by Gasteiger charge is 2.18. The van der Waals surface area contributed by atoms with Gasteiger partial charge in [-0.2, -0.15) is 0 Å². The summed E-state index contributed by atoms with van der Waals surface area (Å²) in [6, 6.07) is 3.81. The Morgan fingerprint density at radius 2 is 2.00 bits per heavy atom. The summed E-state index contributed by atoms with van der Waals surface area (Å²) in [5.41, 5.74) is -0.438. The zero-order valence-electron chi connectivity index (χ0n) is 10.7. The van der Waals surface area contributed by atoms with E-state index in [1.807, 2.05) is 0 Å². The van der Waals surface area contributed by atoms with Gasteiger partial charge in [-0.15, -0.1) is 0 Å². The van der Waals surface area contributed by atoms with E-state index in [0.29, 0.717) is 5.75 Å². The van der Waals surface area contributed by atoms with Crippen molar-refractivity contribution in [2.75, 3.05) is 7.11 Å². The second-order valence-corrected chi connectivity index (χ2v) is 3.75. The van der Waals surface area contributed by atoms with Crippen molar-refractivity contribution >= 4 is 11.7 Å². The molecule has 0 spiro atoms. The van der Waals surface area contributed by atoms with E-state index < -0.39 is 10.9 Å². The highest BCUT2D eigenvalue weighted by Crippen LogP contribution is 2.33. The third-order valence-electron chi connectivity index (χ3n) is 2.44. The summed E-state index contributed by atoms with van der Waals surface area (Å²) in [5.74, 6) is -0.961. The molecule has 2 rings (SSSR count). The van der Waals surface area contributed by atoms with Crippen molar-refractivity contribution in [3.8, 4) is 17.5 Å². The van der Waals surface area contributed by atoms with Crippen molar-refractivity contribution < 1.29 is 24.3 Å². The lowest BCUT2D eigenvalue weighted by Gasteiger charge is -2.06. The summed E-state index contributed by atoms with van der Waals surface area (Å²) in [7, 11) is 1.38. The summed E-state index contributed by atoms with van der Waals surface area (Å²) in [6.45, 7) is 0. The lowest BCUT2D eigenvalue weighted by molar-refractivity contribution is -0.385. The maximum Gasteiger partial charge on any atom is 0.338 e. The topological polar surface area (TPSA) is 125 Å². The average molecular weight is 291 g/mol. The fourth-order valence-electron chi connectivity index (χ4n) is 1.43. The summed E-state index contributed by atoms with van der Waals surface area (Å²) in [4.78, 5) is 28.3. The predicted molar refractivity (Wildman–Crippen MR) is 68.7 cm³/mol. The molecule has 0 saturated heterocycles. The van der Waals surface area contributed by atoms with E-state index >= 15 is 0 Å². The smallest absolute Gasteiger partial charge is 0.338 e. The van der Waals surface area contributed by atoms with E-state index in [1.54, 1.807) is 0 Å². The van der Waals surface area contributed by atoms with Gasteiger partial charge in [-0.1, -0.05) is 0 Å². The van der Waals surface area contributed by atoms with Gasteiger partial charge < -0.3 is 14.6 Å². The van der Waals surface area contributed by atoms with Gasteiger partial charge in [0.05, 0.1) is 23.7 Å². The molecule has 0 aliphatic rings. The van der Waals surface area contributed by atoms with E-state index in [9.17, 15) is 14.9 Å². The Morgan fingerprint density at radius 1 is 1.33 bits per heavy atom. The Bertz CT molecular complexity index is 686. The minimum Gasteiger partial charge on any atom is -0.496 e. The number of rotatable bonds is 5. The Labute approximate surface area is 117 Å². The predicted octanol–water partition coefficient (Wildman–Crippen LogP) is 1.88. The minimum atomic E-state index is -1.18. The molecule has 0 bridgehead atoms. The lowest BCUT2D eigenvalue weighted by atomic mass is 10.3. The fourth-order valence-corrected chi connectivity index (χ4v) is 1.43. The molecule has 0 radical (unpaired) electrons.